The largest absolute Gasteiger partial charge is 0.327 e. The van der Waals surface area contributed by atoms with Crippen LogP contribution in [0.3, 0.4) is 0 Å². The highest BCUT2D eigenvalue weighted by Crippen LogP contribution is 2.35. The number of rotatable bonds is 4. The summed E-state index contributed by atoms with van der Waals surface area (Å²) >= 11 is 1.55. The molecule has 0 bridgehead atoms. The Kier molecular flexibility index (Phi) is 5.53. The quantitative estimate of drug-likeness (QED) is 0.797. The molecule has 4 atom stereocenters. The molecule has 1 aromatic carbocycles. The van der Waals surface area contributed by atoms with Crippen molar-refractivity contribution in [3.63, 3.8) is 0 Å². The summed E-state index contributed by atoms with van der Waals surface area (Å²) in [6.07, 6.45) is 0.831. The number of urea groups is 1. The van der Waals surface area contributed by atoms with Gasteiger partial charge in [0.25, 0.3) is 0 Å². The van der Waals surface area contributed by atoms with E-state index in [-0.39, 0.29) is 23.1 Å². The topological polar surface area (TPSA) is 77.6 Å². The molecule has 0 saturated carbocycles. The van der Waals surface area contributed by atoms with Crippen molar-refractivity contribution in [1.82, 2.24) is 25.4 Å². The van der Waals surface area contributed by atoms with Crippen molar-refractivity contribution in [3.8, 4) is 0 Å². The summed E-state index contributed by atoms with van der Waals surface area (Å²) in [6.45, 7) is 0. The summed E-state index contributed by atoms with van der Waals surface area (Å²) in [5.74, 6) is -0.461. The first-order valence-electron chi connectivity index (χ1n) is 9.29. The summed E-state index contributed by atoms with van der Waals surface area (Å²) in [7, 11) is 3.17. The van der Waals surface area contributed by atoms with Crippen LogP contribution in [0, 0.1) is 11.7 Å². The van der Waals surface area contributed by atoms with Crippen LogP contribution in [0.4, 0.5) is 9.18 Å². The molecule has 0 radical (unpaired) electrons. The van der Waals surface area contributed by atoms with Crippen molar-refractivity contribution in [3.05, 3.63) is 65.7 Å². The zero-order chi connectivity index (χ0) is 20.5. The van der Waals surface area contributed by atoms with Gasteiger partial charge in [-0.1, -0.05) is 18.2 Å². The molecule has 2 aliphatic rings. The second-order valence-corrected chi connectivity index (χ2v) is 8.27. The summed E-state index contributed by atoms with van der Waals surface area (Å²) in [4.78, 5) is 32.4. The van der Waals surface area contributed by atoms with Crippen LogP contribution in [0.2, 0.25) is 0 Å². The van der Waals surface area contributed by atoms with Crippen LogP contribution in [0.5, 0.6) is 0 Å². The van der Waals surface area contributed by atoms with Crippen LogP contribution in [0.25, 0.3) is 0 Å². The first kappa shape index (κ1) is 19.8. The van der Waals surface area contributed by atoms with Gasteiger partial charge < -0.3 is 4.90 Å². The second-order valence-electron chi connectivity index (χ2n) is 7.14. The number of nitrogens with zero attached hydrogens (tertiary/aromatic N) is 3. The number of benzene rings is 1. The highest BCUT2D eigenvalue weighted by atomic mass is 32.2. The van der Waals surface area contributed by atoms with E-state index in [2.05, 4.69) is 15.6 Å². The lowest BCUT2D eigenvalue weighted by atomic mass is 9.96. The van der Waals surface area contributed by atoms with Crippen LogP contribution < -0.4 is 10.6 Å². The first-order valence-corrected chi connectivity index (χ1v) is 10.3. The van der Waals surface area contributed by atoms with E-state index in [0.717, 1.165) is 10.6 Å². The van der Waals surface area contributed by atoms with E-state index in [1.807, 2.05) is 24.3 Å². The van der Waals surface area contributed by atoms with E-state index >= 15 is 0 Å². The van der Waals surface area contributed by atoms with Crippen molar-refractivity contribution < 1.29 is 14.0 Å². The fraction of sp³-hybridized carbons (Fsp3) is 0.350. The summed E-state index contributed by atoms with van der Waals surface area (Å²) in [5, 5.41) is 6.44. The van der Waals surface area contributed by atoms with Crippen LogP contribution in [0.15, 0.2) is 48.7 Å². The van der Waals surface area contributed by atoms with E-state index in [1.54, 1.807) is 31.1 Å². The summed E-state index contributed by atoms with van der Waals surface area (Å²) in [6, 6.07) is 11.6. The van der Waals surface area contributed by atoms with Gasteiger partial charge >= 0.3 is 6.03 Å². The molecule has 1 aromatic heterocycles. The van der Waals surface area contributed by atoms with Gasteiger partial charge in [-0.25, -0.2) is 9.18 Å². The number of halogens is 1. The van der Waals surface area contributed by atoms with Crippen molar-refractivity contribution >= 4 is 23.7 Å². The van der Waals surface area contributed by atoms with E-state index in [0.29, 0.717) is 11.3 Å². The van der Waals surface area contributed by atoms with Gasteiger partial charge in [-0.3, -0.25) is 25.3 Å². The Balaban J connectivity index is 1.63. The number of amides is 3. The molecule has 2 fully saturated rings. The third-order valence-electron chi connectivity index (χ3n) is 5.28. The Labute approximate surface area is 172 Å². The van der Waals surface area contributed by atoms with E-state index in [1.165, 1.54) is 24.1 Å². The van der Waals surface area contributed by atoms with E-state index < -0.39 is 18.2 Å². The van der Waals surface area contributed by atoms with Gasteiger partial charge in [0.2, 0.25) is 5.91 Å². The number of thioether (sulfide) groups is 1. The molecule has 4 rings (SSSR count). The van der Waals surface area contributed by atoms with E-state index in [4.69, 9.17) is 0 Å². The molecular formula is C20H22FN5O2S. The maximum Gasteiger partial charge on any atom is 0.327 e. The van der Waals surface area contributed by atoms with Gasteiger partial charge in [-0.2, -0.15) is 0 Å². The maximum atomic E-state index is 13.8. The van der Waals surface area contributed by atoms with E-state index in [9.17, 15) is 14.0 Å². The molecule has 0 aliphatic carbocycles. The average Bonchev–Trinajstić information content (AvgIpc) is 2.74. The summed E-state index contributed by atoms with van der Waals surface area (Å²) in [5.41, 5.74) is 1.61. The minimum atomic E-state index is -0.498. The molecule has 152 valence electrons. The Morgan fingerprint density at radius 3 is 2.69 bits per heavy atom. The lowest BCUT2D eigenvalue weighted by Gasteiger charge is -2.50. The number of fused-ring (bicyclic) bond motifs is 1. The van der Waals surface area contributed by atoms with Gasteiger partial charge in [0, 0.05) is 26.0 Å². The minimum absolute atomic E-state index is 0.241. The fourth-order valence-electron chi connectivity index (χ4n) is 3.74. The number of imide groups is 1. The smallest absolute Gasteiger partial charge is 0.311 e. The van der Waals surface area contributed by atoms with Gasteiger partial charge in [0.05, 0.1) is 29.3 Å². The molecule has 7 nitrogen and oxygen atoms in total. The molecule has 3 amide bonds. The predicted octanol–water partition coefficient (Wildman–Crippen LogP) is 2.14. The molecule has 3 heterocycles. The third kappa shape index (κ3) is 3.85. The average molecular weight is 415 g/mol. The SMILES string of the molecule is CN1C(=O)C2C(SCc3ccccn3)NC(c3cccc(F)c3)NC2N(C)C1=O. The lowest BCUT2D eigenvalue weighted by molar-refractivity contribution is -0.140. The van der Waals surface area contributed by atoms with Gasteiger partial charge in [0.1, 0.15) is 5.82 Å². The zero-order valence-corrected chi connectivity index (χ0v) is 16.9. The third-order valence-corrected chi connectivity index (χ3v) is 6.53. The number of hydrogen-bond donors (Lipinski definition) is 2. The second kappa shape index (κ2) is 8.10. The maximum absolute atomic E-state index is 13.8. The van der Waals surface area contributed by atoms with Gasteiger partial charge in [-0.15, -0.1) is 11.8 Å². The van der Waals surface area contributed by atoms with Crippen LogP contribution in [0.1, 0.15) is 17.4 Å². The van der Waals surface area contributed by atoms with Crippen molar-refractivity contribution in [1.29, 1.82) is 0 Å². The highest BCUT2D eigenvalue weighted by molar-refractivity contribution is 7.99. The standard InChI is InChI=1S/C20H22FN5O2S/c1-25-17-15(19(27)26(2)20(25)28)18(29-11-14-8-3-4-9-22-14)24-16(23-17)12-6-5-7-13(21)10-12/h3-10,15-18,23-24H,11H2,1-2H3. The Bertz CT molecular complexity index is 915. The Morgan fingerprint density at radius 1 is 1.14 bits per heavy atom. The highest BCUT2D eigenvalue weighted by Gasteiger charge is 2.51. The molecule has 0 spiro atoms. The Morgan fingerprint density at radius 2 is 1.97 bits per heavy atom. The molecule has 9 heteroatoms. The monoisotopic (exact) mass is 415 g/mol. The summed E-state index contributed by atoms with van der Waals surface area (Å²) < 4.78 is 13.8. The number of carbonyl (C=O) groups excluding carboxylic acids is 2. The number of pyridine rings is 1. The number of carbonyl (C=O) groups is 2. The molecular weight excluding hydrogens is 393 g/mol. The fourth-order valence-corrected chi connectivity index (χ4v) is 4.96. The number of hydrogen-bond acceptors (Lipinski definition) is 6. The Hall–Kier alpha value is -2.49. The van der Waals surface area contributed by atoms with Crippen LogP contribution >= 0.6 is 11.8 Å². The van der Waals surface area contributed by atoms with Crippen molar-refractivity contribution in [2.45, 2.75) is 23.5 Å². The molecule has 2 aromatic rings. The van der Waals surface area contributed by atoms with Crippen molar-refractivity contribution in [2.75, 3.05) is 14.1 Å². The predicted molar refractivity (Wildman–Crippen MR) is 108 cm³/mol. The molecule has 2 aliphatic heterocycles. The van der Waals surface area contributed by atoms with Gasteiger partial charge in [0.15, 0.2) is 0 Å². The molecule has 29 heavy (non-hydrogen) atoms. The molecule has 4 unspecified atom stereocenters. The number of nitrogens with one attached hydrogen (secondary N) is 2. The van der Waals surface area contributed by atoms with Crippen LogP contribution in [-0.4, -0.2) is 52.4 Å². The lowest BCUT2D eigenvalue weighted by Crippen LogP contribution is -2.72. The number of aromatic nitrogens is 1. The normalized spacial score (nSPS) is 27.1. The minimum Gasteiger partial charge on any atom is -0.311 e. The molecule has 2 N–H and O–H groups in total. The first-order chi connectivity index (χ1) is 14.0. The van der Waals surface area contributed by atoms with Crippen LogP contribution in [-0.2, 0) is 10.5 Å². The zero-order valence-electron chi connectivity index (χ0n) is 16.1. The molecule has 2 saturated heterocycles. The van der Waals surface area contributed by atoms with Crippen molar-refractivity contribution in [2.24, 2.45) is 5.92 Å². The van der Waals surface area contributed by atoms with Gasteiger partial charge in [-0.05, 0) is 29.8 Å².